The summed E-state index contributed by atoms with van der Waals surface area (Å²) in [5, 5.41) is 3.10. The van der Waals surface area contributed by atoms with Crippen LogP contribution < -0.4 is 10.1 Å². The monoisotopic (exact) mass is 347 g/mol. The fraction of sp³-hybridized carbons (Fsp3) is 0.222. The molecule has 126 valence electrons. The molecule has 24 heavy (non-hydrogen) atoms. The van der Waals surface area contributed by atoms with Gasteiger partial charge in [0.2, 0.25) is 0 Å². The zero-order valence-electron chi connectivity index (χ0n) is 13.4. The van der Waals surface area contributed by atoms with Gasteiger partial charge in [-0.25, -0.2) is 4.79 Å². The number of carbonyl (C=O) groups excluding carboxylic acids is 2. The van der Waals surface area contributed by atoms with Crippen molar-refractivity contribution in [3.05, 3.63) is 59.1 Å². The summed E-state index contributed by atoms with van der Waals surface area (Å²) in [5.74, 6) is -0.492. The van der Waals surface area contributed by atoms with Crippen molar-refractivity contribution < 1.29 is 19.1 Å². The molecule has 0 spiro atoms. The third-order valence-corrected chi connectivity index (χ3v) is 3.32. The Morgan fingerprint density at radius 1 is 1.17 bits per heavy atom. The first-order chi connectivity index (χ1) is 11.4. The first kappa shape index (κ1) is 17.8. The van der Waals surface area contributed by atoms with E-state index in [-0.39, 0.29) is 0 Å². The Balaban J connectivity index is 1.80. The topological polar surface area (TPSA) is 64.6 Å². The summed E-state index contributed by atoms with van der Waals surface area (Å²) in [4.78, 5) is 23.7. The van der Waals surface area contributed by atoms with Crippen molar-refractivity contribution in [2.75, 3.05) is 11.9 Å². The third kappa shape index (κ3) is 5.59. The second kappa shape index (κ2) is 8.36. The number of hydrogen-bond donors (Lipinski definition) is 1. The van der Waals surface area contributed by atoms with Crippen LogP contribution in [0.4, 0.5) is 5.69 Å². The Labute approximate surface area is 145 Å². The SMILES string of the molecule is Cc1cccc(O[C@@H](C)C(=O)OCC(=O)Nc2cccc(Cl)c2)c1. The van der Waals surface area contributed by atoms with Gasteiger partial charge >= 0.3 is 5.97 Å². The molecule has 1 atom stereocenters. The molecule has 0 aliphatic rings. The van der Waals surface area contributed by atoms with E-state index in [9.17, 15) is 9.59 Å². The van der Waals surface area contributed by atoms with Gasteiger partial charge in [-0.2, -0.15) is 0 Å². The van der Waals surface area contributed by atoms with E-state index in [1.165, 1.54) is 0 Å². The number of nitrogens with one attached hydrogen (secondary N) is 1. The Morgan fingerprint density at radius 2 is 1.92 bits per heavy atom. The molecule has 0 fully saturated rings. The van der Waals surface area contributed by atoms with Crippen LogP contribution in [0.3, 0.4) is 0 Å². The Kier molecular flexibility index (Phi) is 6.21. The molecule has 0 radical (unpaired) electrons. The lowest BCUT2D eigenvalue weighted by Crippen LogP contribution is -2.29. The molecule has 0 aliphatic heterocycles. The zero-order valence-corrected chi connectivity index (χ0v) is 14.2. The number of benzene rings is 2. The number of halogens is 1. The van der Waals surface area contributed by atoms with Crippen molar-refractivity contribution in [1.82, 2.24) is 0 Å². The first-order valence-electron chi connectivity index (χ1n) is 7.39. The van der Waals surface area contributed by atoms with Crippen LogP contribution in [0.1, 0.15) is 12.5 Å². The van der Waals surface area contributed by atoms with Crippen LogP contribution in [0.15, 0.2) is 48.5 Å². The van der Waals surface area contributed by atoms with Crippen molar-refractivity contribution >= 4 is 29.2 Å². The van der Waals surface area contributed by atoms with E-state index in [0.717, 1.165) is 5.56 Å². The number of hydrogen-bond acceptors (Lipinski definition) is 4. The predicted octanol–water partition coefficient (Wildman–Crippen LogP) is 3.60. The summed E-state index contributed by atoms with van der Waals surface area (Å²) in [6.07, 6.45) is -0.814. The van der Waals surface area contributed by atoms with Gasteiger partial charge in [0.25, 0.3) is 5.91 Å². The van der Waals surface area contributed by atoms with Crippen LogP contribution in [0.5, 0.6) is 5.75 Å². The van der Waals surface area contributed by atoms with Crippen molar-refractivity contribution in [3.8, 4) is 5.75 Å². The maximum absolute atomic E-state index is 11.9. The maximum Gasteiger partial charge on any atom is 0.347 e. The standard InChI is InChI=1S/C18H18ClNO4/c1-12-5-3-8-16(9-12)24-13(2)18(22)23-11-17(21)20-15-7-4-6-14(19)10-15/h3-10,13H,11H2,1-2H3,(H,20,21)/t13-/m0/s1. The third-order valence-electron chi connectivity index (χ3n) is 3.09. The lowest BCUT2D eigenvalue weighted by molar-refractivity contribution is -0.153. The minimum Gasteiger partial charge on any atom is -0.479 e. The van der Waals surface area contributed by atoms with Crippen molar-refractivity contribution in [2.45, 2.75) is 20.0 Å². The molecule has 2 aromatic carbocycles. The highest BCUT2D eigenvalue weighted by Crippen LogP contribution is 2.16. The molecular formula is C18H18ClNO4. The van der Waals surface area contributed by atoms with Gasteiger partial charge in [0.05, 0.1) is 0 Å². The highest BCUT2D eigenvalue weighted by Gasteiger charge is 2.18. The highest BCUT2D eigenvalue weighted by molar-refractivity contribution is 6.30. The summed E-state index contributed by atoms with van der Waals surface area (Å²) in [6.45, 7) is 3.10. The van der Waals surface area contributed by atoms with Gasteiger partial charge in [-0.15, -0.1) is 0 Å². The van der Waals surface area contributed by atoms with E-state index in [1.54, 1.807) is 37.3 Å². The Bertz CT molecular complexity index is 732. The molecule has 0 aliphatic carbocycles. The molecule has 1 amide bonds. The molecule has 0 bridgehead atoms. The van der Waals surface area contributed by atoms with Crippen LogP contribution in [0.25, 0.3) is 0 Å². The average Bonchev–Trinajstić information content (AvgIpc) is 2.52. The zero-order chi connectivity index (χ0) is 17.5. The van der Waals surface area contributed by atoms with Crippen LogP contribution >= 0.6 is 11.6 Å². The molecule has 1 N–H and O–H groups in total. The van der Waals surface area contributed by atoms with Gasteiger partial charge in [0.1, 0.15) is 5.75 Å². The fourth-order valence-corrected chi connectivity index (χ4v) is 2.15. The normalized spacial score (nSPS) is 11.5. The van der Waals surface area contributed by atoms with Crippen LogP contribution in [-0.2, 0) is 14.3 Å². The van der Waals surface area contributed by atoms with Crippen LogP contribution in [0.2, 0.25) is 5.02 Å². The number of carbonyl (C=O) groups is 2. The lowest BCUT2D eigenvalue weighted by Gasteiger charge is -2.14. The maximum atomic E-state index is 11.9. The second-order valence-electron chi connectivity index (χ2n) is 5.24. The van der Waals surface area contributed by atoms with E-state index in [2.05, 4.69) is 5.32 Å². The molecule has 0 unspecified atom stereocenters. The Hall–Kier alpha value is -2.53. The number of ether oxygens (including phenoxy) is 2. The number of esters is 1. The van der Waals surface area contributed by atoms with Crippen LogP contribution in [0, 0.1) is 6.92 Å². The number of amides is 1. The smallest absolute Gasteiger partial charge is 0.347 e. The quantitative estimate of drug-likeness (QED) is 0.811. The van der Waals surface area contributed by atoms with Crippen LogP contribution in [-0.4, -0.2) is 24.6 Å². The molecule has 0 saturated carbocycles. The predicted molar refractivity (Wildman–Crippen MR) is 92.3 cm³/mol. The Morgan fingerprint density at radius 3 is 2.62 bits per heavy atom. The van der Waals surface area contributed by atoms with E-state index >= 15 is 0 Å². The van der Waals surface area contributed by atoms with Gasteiger partial charge in [-0.05, 0) is 49.7 Å². The van der Waals surface area contributed by atoms with Gasteiger partial charge < -0.3 is 14.8 Å². The van der Waals surface area contributed by atoms with Crippen molar-refractivity contribution in [2.24, 2.45) is 0 Å². The van der Waals surface area contributed by atoms with E-state index in [1.807, 2.05) is 25.1 Å². The molecule has 2 rings (SSSR count). The second-order valence-corrected chi connectivity index (χ2v) is 5.68. The van der Waals surface area contributed by atoms with Gasteiger partial charge in [0, 0.05) is 10.7 Å². The number of aryl methyl sites for hydroxylation is 1. The fourth-order valence-electron chi connectivity index (χ4n) is 1.96. The van der Waals surface area contributed by atoms with Gasteiger partial charge in [0.15, 0.2) is 12.7 Å². The minimum absolute atomic E-state index is 0.396. The number of anilines is 1. The van der Waals surface area contributed by atoms with E-state index in [0.29, 0.717) is 16.5 Å². The summed E-state index contributed by atoms with van der Waals surface area (Å²) < 4.78 is 10.5. The molecule has 0 saturated heterocycles. The molecule has 0 aromatic heterocycles. The average molecular weight is 348 g/mol. The molecule has 6 heteroatoms. The summed E-state index contributed by atoms with van der Waals surface area (Å²) in [7, 11) is 0. The van der Waals surface area contributed by atoms with E-state index in [4.69, 9.17) is 21.1 Å². The van der Waals surface area contributed by atoms with Gasteiger partial charge in [-0.3, -0.25) is 4.79 Å². The van der Waals surface area contributed by atoms with Gasteiger partial charge in [-0.1, -0.05) is 29.8 Å². The first-order valence-corrected chi connectivity index (χ1v) is 7.77. The molecular weight excluding hydrogens is 330 g/mol. The molecule has 0 heterocycles. The van der Waals surface area contributed by atoms with Crippen molar-refractivity contribution in [3.63, 3.8) is 0 Å². The minimum atomic E-state index is -0.814. The van der Waals surface area contributed by atoms with E-state index < -0.39 is 24.6 Å². The summed E-state index contributed by atoms with van der Waals surface area (Å²) >= 11 is 5.83. The lowest BCUT2D eigenvalue weighted by atomic mass is 10.2. The molecule has 2 aromatic rings. The summed E-state index contributed by atoms with van der Waals surface area (Å²) in [5.41, 5.74) is 1.56. The number of rotatable bonds is 6. The molecule has 5 nitrogen and oxygen atoms in total. The summed E-state index contributed by atoms with van der Waals surface area (Å²) in [6, 6.07) is 14.0. The highest BCUT2D eigenvalue weighted by atomic mass is 35.5. The van der Waals surface area contributed by atoms with Crippen molar-refractivity contribution in [1.29, 1.82) is 0 Å². The largest absolute Gasteiger partial charge is 0.479 e.